The van der Waals surface area contributed by atoms with Crippen LogP contribution in [0.15, 0.2) is 30.6 Å². The molecule has 0 atom stereocenters. The van der Waals surface area contributed by atoms with Gasteiger partial charge in [-0.1, -0.05) is 0 Å². The lowest BCUT2D eigenvalue weighted by Crippen LogP contribution is -1.88. The first-order valence-corrected chi connectivity index (χ1v) is 3.49. The van der Waals surface area contributed by atoms with Crippen molar-refractivity contribution in [2.24, 2.45) is 7.05 Å². The van der Waals surface area contributed by atoms with E-state index in [1.54, 1.807) is 0 Å². The number of nitrogens with zero attached hydrogens (tertiary/aromatic N) is 2. The van der Waals surface area contributed by atoms with Crippen molar-refractivity contribution in [1.29, 1.82) is 0 Å². The summed E-state index contributed by atoms with van der Waals surface area (Å²) in [6.07, 6.45) is 3.83. The largest absolute Gasteiger partial charge is 0.349 e. The molecule has 1 N–H and O–H groups in total. The van der Waals surface area contributed by atoms with Gasteiger partial charge in [-0.15, -0.1) is 0 Å². The molecule has 0 amide bonds. The fourth-order valence-electron chi connectivity index (χ4n) is 1.13. The van der Waals surface area contributed by atoms with Gasteiger partial charge in [-0.25, -0.2) is 0 Å². The van der Waals surface area contributed by atoms with E-state index < -0.39 is 0 Å². The molecule has 0 unspecified atom stereocenters. The predicted octanol–water partition coefficient (Wildman–Crippen LogP) is 1.42. The number of aromatic nitrogens is 3. The van der Waals surface area contributed by atoms with Crippen LogP contribution in [-0.2, 0) is 7.05 Å². The molecule has 0 aromatic carbocycles. The van der Waals surface area contributed by atoms with Crippen molar-refractivity contribution in [2.75, 3.05) is 0 Å². The number of aromatic amines is 1. The van der Waals surface area contributed by atoms with E-state index in [2.05, 4.69) is 10.2 Å². The summed E-state index contributed by atoms with van der Waals surface area (Å²) in [6, 6.07) is 6.00. The Morgan fingerprint density at radius 3 is 2.91 bits per heavy atom. The number of H-pyrrole nitrogens is 1. The van der Waals surface area contributed by atoms with E-state index in [4.69, 9.17) is 0 Å². The molecule has 0 fully saturated rings. The van der Waals surface area contributed by atoms with Crippen LogP contribution in [0.2, 0.25) is 0 Å². The molecule has 2 rings (SSSR count). The van der Waals surface area contributed by atoms with Gasteiger partial charge in [0, 0.05) is 19.4 Å². The quantitative estimate of drug-likeness (QED) is 0.650. The first-order valence-electron chi connectivity index (χ1n) is 3.49. The van der Waals surface area contributed by atoms with Crippen molar-refractivity contribution in [3.63, 3.8) is 0 Å². The molecular formula is C8H9N3. The third-order valence-corrected chi connectivity index (χ3v) is 1.71. The first kappa shape index (κ1) is 6.22. The minimum atomic E-state index is 0.984. The van der Waals surface area contributed by atoms with Gasteiger partial charge in [0.05, 0.1) is 5.69 Å². The van der Waals surface area contributed by atoms with Gasteiger partial charge in [0.25, 0.3) is 0 Å². The summed E-state index contributed by atoms with van der Waals surface area (Å²) in [5.74, 6) is 0. The molecule has 3 heteroatoms. The molecule has 56 valence electrons. The Hall–Kier alpha value is -1.51. The van der Waals surface area contributed by atoms with Crippen molar-refractivity contribution in [3.8, 4) is 11.4 Å². The molecule has 11 heavy (non-hydrogen) atoms. The molecule has 0 aliphatic rings. The number of hydrogen-bond acceptors (Lipinski definition) is 1. The Morgan fingerprint density at radius 1 is 1.45 bits per heavy atom. The van der Waals surface area contributed by atoms with Gasteiger partial charge in [0.2, 0.25) is 0 Å². The highest BCUT2D eigenvalue weighted by atomic mass is 15.1. The van der Waals surface area contributed by atoms with Gasteiger partial charge >= 0.3 is 0 Å². The highest BCUT2D eigenvalue weighted by Gasteiger charge is 2.00. The fourth-order valence-corrected chi connectivity index (χ4v) is 1.13. The van der Waals surface area contributed by atoms with Crippen molar-refractivity contribution < 1.29 is 0 Å². The Morgan fingerprint density at radius 2 is 2.36 bits per heavy atom. The second-order valence-corrected chi connectivity index (χ2v) is 2.46. The maximum absolute atomic E-state index is 4.07. The van der Waals surface area contributed by atoms with Gasteiger partial charge in [-0.2, -0.15) is 5.10 Å². The number of hydrogen-bond donors (Lipinski definition) is 1. The third kappa shape index (κ3) is 0.941. The Balaban J connectivity index is 2.53. The van der Waals surface area contributed by atoms with Crippen LogP contribution in [0, 0.1) is 0 Å². The fraction of sp³-hybridized carbons (Fsp3) is 0.125. The van der Waals surface area contributed by atoms with Gasteiger partial charge in [0.15, 0.2) is 0 Å². The zero-order chi connectivity index (χ0) is 7.68. The summed E-state index contributed by atoms with van der Waals surface area (Å²) in [5.41, 5.74) is 2.11. The van der Waals surface area contributed by atoms with E-state index >= 15 is 0 Å². The molecular weight excluding hydrogens is 138 g/mol. The van der Waals surface area contributed by atoms with Crippen LogP contribution in [0.3, 0.4) is 0 Å². The lowest BCUT2D eigenvalue weighted by Gasteiger charge is -1.96. The van der Waals surface area contributed by atoms with Crippen LogP contribution in [0.5, 0.6) is 0 Å². The van der Waals surface area contributed by atoms with Crippen molar-refractivity contribution >= 4 is 0 Å². The Kier molecular flexibility index (Phi) is 1.28. The lowest BCUT2D eigenvalue weighted by atomic mass is 10.3. The third-order valence-electron chi connectivity index (χ3n) is 1.71. The second-order valence-electron chi connectivity index (χ2n) is 2.46. The summed E-state index contributed by atoms with van der Waals surface area (Å²) in [7, 11) is 2.00. The van der Waals surface area contributed by atoms with Crippen LogP contribution in [-0.4, -0.2) is 14.8 Å². The monoisotopic (exact) mass is 147 g/mol. The molecule has 0 bridgehead atoms. The summed E-state index contributed by atoms with van der Waals surface area (Å²) < 4.78 is 2.04. The standard InChI is InChI=1S/C8H9N3/c1-11-6-2-3-8(11)7-4-5-9-10-7/h2-6H,1H3,(H,9,10). The number of nitrogens with one attached hydrogen (secondary N) is 1. The molecule has 2 aromatic rings. The van der Waals surface area contributed by atoms with Crippen LogP contribution >= 0.6 is 0 Å². The van der Waals surface area contributed by atoms with E-state index in [-0.39, 0.29) is 0 Å². The minimum absolute atomic E-state index is 0.984. The average Bonchev–Trinajstić information content (AvgIpc) is 2.55. The van der Waals surface area contributed by atoms with E-state index in [1.165, 1.54) is 0 Å². The lowest BCUT2D eigenvalue weighted by molar-refractivity contribution is 0.927. The molecule has 0 spiro atoms. The maximum Gasteiger partial charge on any atom is 0.108 e. The first-order chi connectivity index (χ1) is 5.38. The van der Waals surface area contributed by atoms with Gasteiger partial charge in [0.1, 0.15) is 5.69 Å². The smallest absolute Gasteiger partial charge is 0.108 e. The summed E-state index contributed by atoms with van der Waals surface area (Å²) >= 11 is 0. The van der Waals surface area contributed by atoms with E-state index in [0.29, 0.717) is 0 Å². The molecule has 0 aliphatic heterocycles. The zero-order valence-electron chi connectivity index (χ0n) is 6.28. The van der Waals surface area contributed by atoms with E-state index in [1.807, 2.05) is 42.2 Å². The topological polar surface area (TPSA) is 33.6 Å². The highest BCUT2D eigenvalue weighted by molar-refractivity contribution is 5.53. The minimum Gasteiger partial charge on any atom is -0.349 e. The molecule has 3 nitrogen and oxygen atoms in total. The number of aryl methyl sites for hydroxylation is 1. The van der Waals surface area contributed by atoms with Crippen LogP contribution in [0.25, 0.3) is 11.4 Å². The summed E-state index contributed by atoms with van der Waals surface area (Å²) in [5, 5.41) is 6.86. The number of rotatable bonds is 1. The molecule has 2 aromatic heterocycles. The SMILES string of the molecule is Cn1cccc1-c1cc[nH]n1. The normalized spacial score (nSPS) is 10.3. The van der Waals surface area contributed by atoms with E-state index in [0.717, 1.165) is 11.4 Å². The predicted molar refractivity (Wildman–Crippen MR) is 43.0 cm³/mol. The van der Waals surface area contributed by atoms with Crippen molar-refractivity contribution in [1.82, 2.24) is 14.8 Å². The molecule has 0 saturated heterocycles. The van der Waals surface area contributed by atoms with Gasteiger partial charge in [-0.05, 0) is 18.2 Å². The summed E-state index contributed by atoms with van der Waals surface area (Å²) in [4.78, 5) is 0. The molecule has 0 aliphatic carbocycles. The Labute approximate surface area is 64.7 Å². The van der Waals surface area contributed by atoms with Crippen LogP contribution < -0.4 is 0 Å². The zero-order valence-corrected chi connectivity index (χ0v) is 6.28. The van der Waals surface area contributed by atoms with Crippen LogP contribution in [0.1, 0.15) is 0 Å². The Bertz CT molecular complexity index is 332. The van der Waals surface area contributed by atoms with Crippen molar-refractivity contribution in [2.45, 2.75) is 0 Å². The van der Waals surface area contributed by atoms with Crippen molar-refractivity contribution in [3.05, 3.63) is 30.6 Å². The highest BCUT2D eigenvalue weighted by Crippen LogP contribution is 2.14. The summed E-state index contributed by atoms with van der Waals surface area (Å²) in [6.45, 7) is 0. The van der Waals surface area contributed by atoms with E-state index in [9.17, 15) is 0 Å². The second kappa shape index (κ2) is 2.27. The maximum atomic E-state index is 4.07. The van der Waals surface area contributed by atoms with Gasteiger partial charge < -0.3 is 4.57 Å². The van der Waals surface area contributed by atoms with Gasteiger partial charge in [-0.3, -0.25) is 5.10 Å². The molecule has 0 saturated carbocycles. The molecule has 2 heterocycles. The average molecular weight is 147 g/mol. The van der Waals surface area contributed by atoms with Crippen LogP contribution in [0.4, 0.5) is 0 Å². The molecule has 0 radical (unpaired) electrons.